The third-order valence-corrected chi connectivity index (χ3v) is 2.20. The van der Waals surface area contributed by atoms with Crippen molar-refractivity contribution in [2.24, 2.45) is 0 Å². The number of benzene rings is 1. The maximum atomic E-state index is 10.4. The Balaban J connectivity index is 2.83. The fourth-order valence-corrected chi connectivity index (χ4v) is 1.39. The Kier molecular flexibility index (Phi) is 4.05. The van der Waals surface area contributed by atoms with Crippen molar-refractivity contribution in [3.05, 3.63) is 32.8 Å². The van der Waals surface area contributed by atoms with Crippen LogP contribution in [0.3, 0.4) is 0 Å². The molecule has 7 heteroatoms. The minimum Gasteiger partial charge on any atom is -0.483 e. The molecule has 0 saturated heterocycles. The molecule has 0 radical (unpaired) electrons. The first-order valence-corrected chi connectivity index (χ1v) is 4.93. The van der Waals surface area contributed by atoms with Crippen molar-refractivity contribution >= 4 is 38.5 Å². The van der Waals surface area contributed by atoms with Crippen molar-refractivity contribution in [2.75, 3.05) is 6.61 Å². The van der Waals surface area contributed by atoms with Gasteiger partial charge in [0.2, 0.25) is 0 Å². The van der Waals surface area contributed by atoms with Gasteiger partial charge in [0, 0.05) is 12.1 Å². The lowest BCUT2D eigenvalue weighted by atomic mass is 10.3. The molecule has 0 saturated carbocycles. The smallest absolute Gasteiger partial charge is 0.270 e. The van der Waals surface area contributed by atoms with Gasteiger partial charge in [-0.1, -0.05) is 0 Å². The first-order valence-electron chi connectivity index (χ1n) is 3.76. The van der Waals surface area contributed by atoms with E-state index in [1.54, 1.807) is 0 Å². The van der Waals surface area contributed by atoms with E-state index in [4.69, 9.17) is 16.3 Å². The fourth-order valence-electron chi connectivity index (χ4n) is 0.855. The summed E-state index contributed by atoms with van der Waals surface area (Å²) in [6.45, 7) is -0.280. The van der Waals surface area contributed by atoms with Crippen LogP contribution in [0.1, 0.15) is 0 Å². The number of hydrogen-bond acceptors (Lipinski definition) is 4. The summed E-state index contributed by atoms with van der Waals surface area (Å²) in [5, 5.41) is 9.76. The number of carbonyl (C=O) groups is 1. The SMILES string of the molecule is O=C(Cl)COc1ccc([N+](=O)[O-])cc1Br. The molecule has 80 valence electrons. The van der Waals surface area contributed by atoms with E-state index in [-0.39, 0.29) is 12.3 Å². The summed E-state index contributed by atoms with van der Waals surface area (Å²) in [4.78, 5) is 20.3. The fraction of sp³-hybridized carbons (Fsp3) is 0.125. The molecule has 0 bridgehead atoms. The number of hydrogen-bond donors (Lipinski definition) is 0. The Morgan fingerprint density at radius 3 is 2.73 bits per heavy atom. The molecular weight excluding hydrogens is 289 g/mol. The molecule has 1 aromatic carbocycles. The van der Waals surface area contributed by atoms with E-state index < -0.39 is 10.2 Å². The molecule has 0 unspecified atom stereocenters. The molecule has 0 atom stereocenters. The number of nitro benzene ring substituents is 1. The summed E-state index contributed by atoms with van der Waals surface area (Å²) in [5.74, 6) is 0.328. The normalized spacial score (nSPS) is 9.73. The van der Waals surface area contributed by atoms with Crippen LogP contribution in [-0.4, -0.2) is 16.8 Å². The van der Waals surface area contributed by atoms with Crippen molar-refractivity contribution in [3.63, 3.8) is 0 Å². The van der Waals surface area contributed by atoms with Crippen molar-refractivity contribution in [1.29, 1.82) is 0 Å². The van der Waals surface area contributed by atoms with Crippen LogP contribution in [0.4, 0.5) is 5.69 Å². The highest BCUT2D eigenvalue weighted by Crippen LogP contribution is 2.28. The number of rotatable bonds is 4. The molecular formula is C8H5BrClNO4. The molecule has 0 aliphatic carbocycles. The third kappa shape index (κ3) is 3.49. The van der Waals surface area contributed by atoms with Crippen LogP contribution in [0.5, 0.6) is 5.75 Å². The van der Waals surface area contributed by atoms with Gasteiger partial charge in [0.25, 0.3) is 10.9 Å². The molecule has 1 aromatic rings. The van der Waals surface area contributed by atoms with Gasteiger partial charge in [-0.3, -0.25) is 14.9 Å². The molecule has 0 amide bonds. The minimum atomic E-state index is -0.639. The topological polar surface area (TPSA) is 69.4 Å². The first kappa shape index (κ1) is 11.9. The first-order chi connectivity index (χ1) is 7.00. The lowest BCUT2D eigenvalue weighted by Gasteiger charge is -2.04. The van der Waals surface area contributed by atoms with Crippen LogP contribution in [0, 0.1) is 10.1 Å². The molecule has 0 fully saturated rings. The van der Waals surface area contributed by atoms with E-state index in [9.17, 15) is 14.9 Å². The van der Waals surface area contributed by atoms with Crippen LogP contribution in [0.2, 0.25) is 0 Å². The van der Waals surface area contributed by atoms with Crippen molar-refractivity contribution in [3.8, 4) is 5.75 Å². The molecule has 0 N–H and O–H groups in total. The Bertz CT molecular complexity index is 410. The summed E-state index contributed by atoms with van der Waals surface area (Å²) in [7, 11) is 0. The van der Waals surface area contributed by atoms with E-state index >= 15 is 0 Å². The average molecular weight is 294 g/mol. The Morgan fingerprint density at radius 1 is 1.60 bits per heavy atom. The van der Waals surface area contributed by atoms with Crippen LogP contribution in [-0.2, 0) is 4.79 Å². The average Bonchev–Trinajstić information content (AvgIpc) is 2.15. The Hall–Kier alpha value is -1.14. The second-order valence-electron chi connectivity index (χ2n) is 2.52. The zero-order chi connectivity index (χ0) is 11.4. The largest absolute Gasteiger partial charge is 0.483 e. The summed E-state index contributed by atoms with van der Waals surface area (Å²) < 4.78 is 5.38. The van der Waals surface area contributed by atoms with Gasteiger partial charge in [0.15, 0.2) is 6.61 Å². The molecule has 5 nitrogen and oxygen atoms in total. The van der Waals surface area contributed by atoms with Gasteiger partial charge >= 0.3 is 0 Å². The highest BCUT2D eigenvalue weighted by atomic mass is 79.9. The monoisotopic (exact) mass is 293 g/mol. The lowest BCUT2D eigenvalue weighted by molar-refractivity contribution is -0.384. The predicted octanol–water partition coefficient (Wildman–Crippen LogP) is 2.50. The van der Waals surface area contributed by atoms with Gasteiger partial charge in [-0.2, -0.15) is 0 Å². The summed E-state index contributed by atoms with van der Waals surface area (Å²) in [5.41, 5.74) is -0.0635. The van der Waals surface area contributed by atoms with Gasteiger partial charge in [-0.05, 0) is 33.6 Å². The molecule has 0 aromatic heterocycles. The minimum absolute atomic E-state index is 0.0635. The zero-order valence-corrected chi connectivity index (χ0v) is 9.62. The van der Waals surface area contributed by atoms with Crippen LogP contribution < -0.4 is 4.74 Å². The van der Waals surface area contributed by atoms with Crippen molar-refractivity contribution in [1.82, 2.24) is 0 Å². The van der Waals surface area contributed by atoms with Crippen molar-refractivity contribution < 1.29 is 14.5 Å². The number of ether oxygens (including phenoxy) is 1. The highest BCUT2D eigenvalue weighted by molar-refractivity contribution is 9.10. The van der Waals surface area contributed by atoms with E-state index in [1.165, 1.54) is 18.2 Å². The third-order valence-electron chi connectivity index (χ3n) is 1.47. The van der Waals surface area contributed by atoms with E-state index in [0.29, 0.717) is 10.2 Å². The highest BCUT2D eigenvalue weighted by Gasteiger charge is 2.10. The van der Waals surface area contributed by atoms with Gasteiger partial charge in [-0.15, -0.1) is 0 Å². The number of nitrogens with zero attached hydrogens (tertiary/aromatic N) is 1. The Morgan fingerprint density at radius 2 is 2.27 bits per heavy atom. The van der Waals surface area contributed by atoms with Gasteiger partial charge < -0.3 is 4.74 Å². The Labute approximate surface area is 98.3 Å². The van der Waals surface area contributed by atoms with Gasteiger partial charge in [0.1, 0.15) is 5.75 Å². The summed E-state index contributed by atoms with van der Waals surface area (Å²) >= 11 is 8.16. The summed E-state index contributed by atoms with van der Waals surface area (Å²) in [6.07, 6.45) is 0. The standard InChI is InChI=1S/C8H5BrClNO4/c9-6-3-5(11(13)14)1-2-7(6)15-4-8(10)12/h1-3H,4H2. The second kappa shape index (κ2) is 5.09. The van der Waals surface area contributed by atoms with Crippen molar-refractivity contribution in [2.45, 2.75) is 0 Å². The zero-order valence-electron chi connectivity index (χ0n) is 7.28. The van der Waals surface area contributed by atoms with Crippen LogP contribution in [0.15, 0.2) is 22.7 Å². The van der Waals surface area contributed by atoms with Crippen LogP contribution in [0.25, 0.3) is 0 Å². The molecule has 0 aliphatic rings. The number of carbonyl (C=O) groups excluding carboxylic acids is 1. The maximum Gasteiger partial charge on any atom is 0.270 e. The van der Waals surface area contributed by atoms with Gasteiger partial charge in [0.05, 0.1) is 9.40 Å². The molecule has 0 aliphatic heterocycles. The quantitative estimate of drug-likeness (QED) is 0.486. The maximum absolute atomic E-state index is 10.4. The molecule has 15 heavy (non-hydrogen) atoms. The van der Waals surface area contributed by atoms with E-state index in [1.807, 2.05) is 0 Å². The summed E-state index contributed by atoms with van der Waals surface area (Å²) in [6, 6.07) is 3.95. The second-order valence-corrected chi connectivity index (χ2v) is 3.79. The molecule has 0 spiro atoms. The molecule has 1 rings (SSSR count). The van der Waals surface area contributed by atoms with Crippen LogP contribution >= 0.6 is 27.5 Å². The van der Waals surface area contributed by atoms with E-state index in [0.717, 1.165) is 0 Å². The lowest BCUT2D eigenvalue weighted by Crippen LogP contribution is -2.04. The van der Waals surface area contributed by atoms with E-state index in [2.05, 4.69) is 15.9 Å². The number of halogens is 2. The van der Waals surface area contributed by atoms with Gasteiger partial charge in [-0.25, -0.2) is 0 Å². The number of non-ortho nitro benzene ring substituents is 1. The molecule has 0 heterocycles. The number of nitro groups is 1. The predicted molar refractivity (Wildman–Crippen MR) is 57.2 cm³/mol.